The smallest absolute Gasteiger partial charge is 0.273 e. The van der Waals surface area contributed by atoms with E-state index in [0.717, 1.165) is 6.07 Å². The van der Waals surface area contributed by atoms with E-state index in [0.29, 0.717) is 18.3 Å². The second-order valence-electron chi connectivity index (χ2n) is 5.41. The summed E-state index contributed by atoms with van der Waals surface area (Å²) in [5.41, 5.74) is 0. The first-order valence-corrected chi connectivity index (χ1v) is 9.90. The summed E-state index contributed by atoms with van der Waals surface area (Å²) in [6.07, 6.45) is 1.55. The van der Waals surface area contributed by atoms with Gasteiger partial charge >= 0.3 is 0 Å². The van der Waals surface area contributed by atoms with Gasteiger partial charge in [-0.1, -0.05) is 23.5 Å². The van der Waals surface area contributed by atoms with E-state index in [1.54, 1.807) is 16.5 Å². The topological polar surface area (TPSA) is 88.6 Å². The van der Waals surface area contributed by atoms with E-state index in [9.17, 15) is 17.6 Å². The highest BCUT2D eigenvalue weighted by molar-refractivity contribution is 7.89. The number of thiazole rings is 1. The van der Waals surface area contributed by atoms with Crippen LogP contribution in [0.3, 0.4) is 0 Å². The number of amides is 1. The molecule has 1 aromatic carbocycles. The Morgan fingerprint density at radius 1 is 1.40 bits per heavy atom. The largest absolute Gasteiger partial charge is 0.463 e. The van der Waals surface area contributed by atoms with Crippen LogP contribution in [-0.2, 0) is 14.8 Å². The normalized spacial score (nSPS) is 15.0. The van der Waals surface area contributed by atoms with Crippen molar-refractivity contribution in [3.8, 4) is 5.19 Å². The minimum Gasteiger partial charge on any atom is -0.463 e. The van der Waals surface area contributed by atoms with Crippen LogP contribution >= 0.6 is 11.3 Å². The predicted octanol–water partition coefficient (Wildman–Crippen LogP) is 1.24. The van der Waals surface area contributed by atoms with Crippen molar-refractivity contribution in [1.82, 2.24) is 14.6 Å². The molecular formula is C15H16FN3O4S2. The average molecular weight is 385 g/mol. The van der Waals surface area contributed by atoms with Gasteiger partial charge in [0, 0.05) is 24.5 Å². The third kappa shape index (κ3) is 4.33. The van der Waals surface area contributed by atoms with E-state index in [-0.39, 0.29) is 25.0 Å². The van der Waals surface area contributed by atoms with Crippen molar-refractivity contribution in [3.63, 3.8) is 0 Å². The first kappa shape index (κ1) is 17.8. The molecule has 1 saturated heterocycles. The van der Waals surface area contributed by atoms with Crippen LogP contribution in [0.1, 0.15) is 6.42 Å². The summed E-state index contributed by atoms with van der Waals surface area (Å²) < 4.78 is 45.4. The van der Waals surface area contributed by atoms with Gasteiger partial charge in [-0.2, -0.15) is 0 Å². The number of hydrogen-bond acceptors (Lipinski definition) is 6. The molecule has 2 heterocycles. The predicted molar refractivity (Wildman–Crippen MR) is 89.3 cm³/mol. The van der Waals surface area contributed by atoms with E-state index < -0.39 is 20.7 Å². The van der Waals surface area contributed by atoms with Gasteiger partial charge in [0.15, 0.2) is 0 Å². The third-order valence-corrected chi connectivity index (χ3v) is 5.79. The highest BCUT2D eigenvalue weighted by atomic mass is 32.2. The molecule has 1 fully saturated rings. The highest BCUT2D eigenvalue weighted by Gasteiger charge is 2.32. The minimum absolute atomic E-state index is 0.00233. The number of hydrogen-bond donors (Lipinski definition) is 1. The van der Waals surface area contributed by atoms with E-state index in [2.05, 4.69) is 9.71 Å². The zero-order chi connectivity index (χ0) is 17.9. The minimum atomic E-state index is -3.97. The monoisotopic (exact) mass is 385 g/mol. The molecule has 1 aliphatic heterocycles. The summed E-state index contributed by atoms with van der Waals surface area (Å²) in [4.78, 5) is 17.2. The Balaban J connectivity index is 1.42. The summed E-state index contributed by atoms with van der Waals surface area (Å²) in [6, 6.07) is 5.09. The third-order valence-electron chi connectivity index (χ3n) is 3.64. The molecule has 1 amide bonds. The number of rotatable bonds is 7. The van der Waals surface area contributed by atoms with Crippen molar-refractivity contribution >= 4 is 27.3 Å². The lowest BCUT2D eigenvalue weighted by Crippen LogP contribution is -2.56. The van der Waals surface area contributed by atoms with Crippen LogP contribution in [0.5, 0.6) is 5.19 Å². The maximum absolute atomic E-state index is 13.5. The Hall–Kier alpha value is -2.04. The number of sulfonamides is 1. The Bertz CT molecular complexity index is 836. The molecule has 0 aliphatic carbocycles. The Labute approximate surface area is 148 Å². The highest BCUT2D eigenvalue weighted by Crippen LogP contribution is 2.20. The van der Waals surface area contributed by atoms with Crippen LogP contribution in [0.2, 0.25) is 0 Å². The van der Waals surface area contributed by atoms with Crippen LogP contribution < -0.4 is 9.46 Å². The molecule has 1 aliphatic rings. The molecule has 134 valence electrons. The van der Waals surface area contributed by atoms with Crippen molar-refractivity contribution in [2.75, 3.05) is 19.6 Å². The molecule has 25 heavy (non-hydrogen) atoms. The lowest BCUT2D eigenvalue weighted by atomic mass is 10.1. The quantitative estimate of drug-likeness (QED) is 0.775. The number of benzene rings is 1. The van der Waals surface area contributed by atoms with Gasteiger partial charge in [-0.15, -0.1) is 0 Å². The number of carbonyl (C=O) groups excluding carboxylic acids is 1. The van der Waals surface area contributed by atoms with Gasteiger partial charge in [-0.3, -0.25) is 4.79 Å². The number of likely N-dealkylation sites (tertiary alicyclic amines) is 1. The van der Waals surface area contributed by atoms with Crippen LogP contribution in [0.4, 0.5) is 4.39 Å². The molecule has 7 nitrogen and oxygen atoms in total. The molecule has 1 N–H and O–H groups in total. The number of carbonyl (C=O) groups is 1. The first-order valence-electron chi connectivity index (χ1n) is 7.54. The summed E-state index contributed by atoms with van der Waals surface area (Å²) in [5.74, 6) is -1.01. The zero-order valence-electron chi connectivity index (χ0n) is 13.1. The average Bonchev–Trinajstić information content (AvgIpc) is 3.03. The molecule has 0 atom stereocenters. The lowest BCUT2D eigenvalue weighted by molar-refractivity contribution is -0.139. The van der Waals surface area contributed by atoms with Crippen molar-refractivity contribution in [3.05, 3.63) is 41.7 Å². The second-order valence-corrected chi connectivity index (χ2v) is 8.01. The molecular weight excluding hydrogens is 369 g/mol. The van der Waals surface area contributed by atoms with Crippen LogP contribution in [0.25, 0.3) is 0 Å². The van der Waals surface area contributed by atoms with Crippen molar-refractivity contribution in [2.45, 2.75) is 17.4 Å². The Kier molecular flexibility index (Phi) is 5.30. The molecule has 2 aromatic rings. The molecule has 0 saturated carbocycles. The summed E-state index contributed by atoms with van der Waals surface area (Å²) in [5, 5.41) is 2.37. The molecule has 0 unspecified atom stereocenters. The standard InChI is InChI=1S/C15H16FN3O4S2/c16-12-3-1-2-4-13(12)25(21,22)18-6-5-14(20)19-9-11(10-19)23-15-17-7-8-24-15/h1-4,7-8,11,18H,5-6,9-10H2. The van der Waals surface area contributed by atoms with Gasteiger partial charge in [-0.25, -0.2) is 22.5 Å². The lowest BCUT2D eigenvalue weighted by Gasteiger charge is -2.38. The van der Waals surface area contributed by atoms with Gasteiger partial charge < -0.3 is 9.64 Å². The Morgan fingerprint density at radius 2 is 2.16 bits per heavy atom. The molecule has 1 aromatic heterocycles. The molecule has 10 heteroatoms. The van der Waals surface area contributed by atoms with Gasteiger partial charge in [0.25, 0.3) is 5.19 Å². The zero-order valence-corrected chi connectivity index (χ0v) is 14.7. The number of nitrogens with one attached hydrogen (secondary N) is 1. The summed E-state index contributed by atoms with van der Waals surface area (Å²) >= 11 is 1.38. The molecule has 0 spiro atoms. The second kappa shape index (κ2) is 7.46. The van der Waals surface area contributed by atoms with Gasteiger partial charge in [0.1, 0.15) is 16.8 Å². The van der Waals surface area contributed by atoms with Crippen molar-refractivity contribution in [1.29, 1.82) is 0 Å². The number of aromatic nitrogens is 1. The number of ether oxygens (including phenoxy) is 1. The summed E-state index contributed by atoms with van der Waals surface area (Å²) in [7, 11) is -3.97. The fourth-order valence-corrected chi connectivity index (χ4v) is 3.98. The van der Waals surface area contributed by atoms with Gasteiger partial charge in [0.2, 0.25) is 15.9 Å². The van der Waals surface area contributed by atoms with E-state index >= 15 is 0 Å². The maximum atomic E-state index is 13.5. The molecule has 0 bridgehead atoms. The van der Waals surface area contributed by atoms with Crippen LogP contribution in [-0.4, -0.2) is 49.9 Å². The number of halogens is 1. The van der Waals surface area contributed by atoms with E-state index in [1.807, 2.05) is 0 Å². The fraction of sp³-hybridized carbons (Fsp3) is 0.333. The maximum Gasteiger partial charge on any atom is 0.273 e. The van der Waals surface area contributed by atoms with Crippen LogP contribution in [0.15, 0.2) is 40.7 Å². The number of nitrogens with zero attached hydrogens (tertiary/aromatic N) is 2. The molecule has 3 rings (SSSR count). The first-order chi connectivity index (χ1) is 12.0. The SMILES string of the molecule is O=C(CCNS(=O)(=O)c1ccccc1F)N1CC(Oc2nccs2)C1. The molecule has 0 radical (unpaired) electrons. The van der Waals surface area contributed by atoms with E-state index in [1.165, 1.54) is 29.5 Å². The fourth-order valence-electron chi connectivity index (χ4n) is 2.32. The van der Waals surface area contributed by atoms with Gasteiger partial charge in [-0.05, 0) is 12.1 Å². The summed E-state index contributed by atoms with van der Waals surface area (Å²) in [6.45, 7) is 0.793. The van der Waals surface area contributed by atoms with Crippen LogP contribution in [0, 0.1) is 5.82 Å². The Morgan fingerprint density at radius 3 is 2.84 bits per heavy atom. The van der Waals surface area contributed by atoms with Crippen molar-refractivity contribution < 1.29 is 22.3 Å². The van der Waals surface area contributed by atoms with Crippen molar-refractivity contribution in [2.24, 2.45) is 0 Å². The van der Waals surface area contributed by atoms with Gasteiger partial charge in [0.05, 0.1) is 13.1 Å². The van der Waals surface area contributed by atoms with E-state index in [4.69, 9.17) is 4.74 Å².